The van der Waals surface area contributed by atoms with Gasteiger partial charge in [0.2, 0.25) is 0 Å². The molecule has 2 aliphatic rings. The molecule has 0 spiro atoms. The number of Topliss-reactive ketones (excluding diaryl/α,β-unsaturated/α-hetero) is 1. The Balaban J connectivity index is 2.22. The second-order valence-corrected chi connectivity index (χ2v) is 4.63. The SMILES string of the molecule is O=C(O)Nc1c2c(cc3c1C(=O)CC3)CCC2. The van der Waals surface area contributed by atoms with E-state index in [4.69, 9.17) is 5.11 Å². The van der Waals surface area contributed by atoms with Crippen molar-refractivity contribution in [1.29, 1.82) is 0 Å². The molecule has 1 amide bonds. The average Bonchev–Trinajstić information content (AvgIpc) is 2.85. The number of aryl methyl sites for hydroxylation is 2. The first-order valence-electron chi connectivity index (χ1n) is 5.87. The van der Waals surface area contributed by atoms with Gasteiger partial charge < -0.3 is 5.11 Å². The highest BCUT2D eigenvalue weighted by Crippen LogP contribution is 2.38. The summed E-state index contributed by atoms with van der Waals surface area (Å²) in [7, 11) is 0. The van der Waals surface area contributed by atoms with Crippen LogP contribution in [0.4, 0.5) is 10.5 Å². The van der Waals surface area contributed by atoms with Gasteiger partial charge in [0.15, 0.2) is 5.78 Å². The monoisotopic (exact) mass is 231 g/mol. The number of carboxylic acid groups (broad SMARTS) is 1. The lowest BCUT2D eigenvalue weighted by Crippen LogP contribution is -2.13. The largest absolute Gasteiger partial charge is 0.465 e. The normalized spacial score (nSPS) is 16.8. The minimum Gasteiger partial charge on any atom is -0.465 e. The van der Waals surface area contributed by atoms with Gasteiger partial charge in [-0.15, -0.1) is 0 Å². The predicted molar refractivity (Wildman–Crippen MR) is 62.8 cm³/mol. The number of hydrogen-bond acceptors (Lipinski definition) is 2. The molecule has 0 bridgehead atoms. The van der Waals surface area contributed by atoms with Crippen molar-refractivity contribution >= 4 is 17.6 Å². The lowest BCUT2D eigenvalue weighted by molar-refractivity contribution is 0.0995. The molecule has 0 saturated carbocycles. The van der Waals surface area contributed by atoms with Crippen LogP contribution in [0.1, 0.15) is 39.9 Å². The van der Waals surface area contributed by atoms with Crippen molar-refractivity contribution in [2.75, 3.05) is 5.32 Å². The van der Waals surface area contributed by atoms with Gasteiger partial charge in [-0.3, -0.25) is 10.1 Å². The minimum absolute atomic E-state index is 0.0680. The molecular formula is C13H13NO3. The highest BCUT2D eigenvalue weighted by atomic mass is 16.4. The molecule has 0 unspecified atom stereocenters. The van der Waals surface area contributed by atoms with E-state index < -0.39 is 6.09 Å². The number of amides is 1. The van der Waals surface area contributed by atoms with Gasteiger partial charge in [0.1, 0.15) is 0 Å². The Morgan fingerprint density at radius 3 is 2.76 bits per heavy atom. The van der Waals surface area contributed by atoms with Crippen molar-refractivity contribution < 1.29 is 14.7 Å². The number of ketones is 1. The Morgan fingerprint density at radius 2 is 2.00 bits per heavy atom. The number of carbonyl (C=O) groups is 2. The highest BCUT2D eigenvalue weighted by Gasteiger charge is 2.29. The molecule has 1 aromatic carbocycles. The van der Waals surface area contributed by atoms with Crippen LogP contribution in [-0.4, -0.2) is 17.0 Å². The van der Waals surface area contributed by atoms with Crippen molar-refractivity contribution in [1.82, 2.24) is 0 Å². The third kappa shape index (κ3) is 1.52. The first-order chi connectivity index (χ1) is 8.16. The van der Waals surface area contributed by atoms with Crippen LogP contribution >= 0.6 is 0 Å². The van der Waals surface area contributed by atoms with Crippen molar-refractivity contribution in [2.45, 2.75) is 32.1 Å². The van der Waals surface area contributed by atoms with Gasteiger partial charge >= 0.3 is 6.09 Å². The van der Waals surface area contributed by atoms with E-state index in [9.17, 15) is 9.59 Å². The zero-order chi connectivity index (χ0) is 12.0. The first-order valence-corrected chi connectivity index (χ1v) is 5.87. The fourth-order valence-electron chi connectivity index (χ4n) is 2.94. The van der Waals surface area contributed by atoms with Crippen LogP contribution in [0.15, 0.2) is 6.07 Å². The molecule has 0 fully saturated rings. The molecule has 0 aromatic heterocycles. The van der Waals surface area contributed by atoms with Gasteiger partial charge in [-0.25, -0.2) is 4.79 Å². The van der Waals surface area contributed by atoms with E-state index in [2.05, 4.69) is 11.4 Å². The van der Waals surface area contributed by atoms with E-state index in [1.54, 1.807) is 0 Å². The van der Waals surface area contributed by atoms with Crippen LogP contribution < -0.4 is 5.32 Å². The molecule has 2 aliphatic carbocycles. The van der Waals surface area contributed by atoms with Crippen LogP contribution in [0.25, 0.3) is 0 Å². The quantitative estimate of drug-likeness (QED) is 0.779. The van der Waals surface area contributed by atoms with Crippen molar-refractivity contribution in [3.05, 3.63) is 28.3 Å². The molecule has 4 heteroatoms. The Hall–Kier alpha value is -1.84. The molecule has 2 N–H and O–H groups in total. The Morgan fingerprint density at radius 1 is 1.18 bits per heavy atom. The summed E-state index contributed by atoms with van der Waals surface area (Å²) in [6.45, 7) is 0. The maximum Gasteiger partial charge on any atom is 0.409 e. The maximum atomic E-state index is 11.8. The predicted octanol–water partition coefficient (Wildman–Crippen LogP) is 2.39. The van der Waals surface area contributed by atoms with Gasteiger partial charge in [-0.2, -0.15) is 0 Å². The second kappa shape index (κ2) is 3.58. The molecule has 0 radical (unpaired) electrons. The van der Waals surface area contributed by atoms with Crippen LogP contribution in [0.3, 0.4) is 0 Å². The number of fused-ring (bicyclic) bond motifs is 2. The highest BCUT2D eigenvalue weighted by molar-refractivity contribution is 6.08. The Kier molecular flexibility index (Phi) is 2.18. The summed E-state index contributed by atoms with van der Waals surface area (Å²) in [6.07, 6.45) is 3.06. The molecule has 1 aromatic rings. The summed E-state index contributed by atoms with van der Waals surface area (Å²) in [4.78, 5) is 22.7. The number of carbonyl (C=O) groups excluding carboxylic acids is 1. The third-order valence-electron chi connectivity index (χ3n) is 3.61. The topological polar surface area (TPSA) is 66.4 Å². The van der Waals surface area contributed by atoms with E-state index in [1.807, 2.05) is 0 Å². The summed E-state index contributed by atoms with van der Waals surface area (Å²) in [5.74, 6) is 0.0680. The van der Waals surface area contributed by atoms with Gasteiger partial charge in [0.05, 0.1) is 5.69 Å². The van der Waals surface area contributed by atoms with E-state index in [0.29, 0.717) is 17.7 Å². The lowest BCUT2D eigenvalue weighted by atomic mass is 9.98. The zero-order valence-corrected chi connectivity index (χ0v) is 9.38. The van der Waals surface area contributed by atoms with Crippen LogP contribution in [0.2, 0.25) is 0 Å². The van der Waals surface area contributed by atoms with Crippen LogP contribution in [0.5, 0.6) is 0 Å². The molecular weight excluding hydrogens is 218 g/mol. The molecule has 0 heterocycles. The molecule has 3 rings (SSSR count). The van der Waals surface area contributed by atoms with Gasteiger partial charge in [0, 0.05) is 12.0 Å². The third-order valence-corrected chi connectivity index (χ3v) is 3.61. The Bertz CT molecular complexity index is 534. The van der Waals surface area contributed by atoms with Crippen molar-refractivity contribution in [3.63, 3.8) is 0 Å². The second-order valence-electron chi connectivity index (χ2n) is 4.63. The first kappa shape index (κ1) is 10.3. The van der Waals surface area contributed by atoms with Gasteiger partial charge in [0.25, 0.3) is 0 Å². The summed E-state index contributed by atoms with van der Waals surface area (Å²) >= 11 is 0. The van der Waals surface area contributed by atoms with E-state index in [0.717, 1.165) is 36.8 Å². The summed E-state index contributed by atoms with van der Waals surface area (Å²) in [5.41, 5.74) is 4.43. The zero-order valence-electron chi connectivity index (χ0n) is 9.38. The Labute approximate surface area is 98.6 Å². The number of nitrogens with one attached hydrogen (secondary N) is 1. The van der Waals surface area contributed by atoms with Gasteiger partial charge in [-0.1, -0.05) is 6.07 Å². The van der Waals surface area contributed by atoms with Crippen LogP contribution in [-0.2, 0) is 19.3 Å². The smallest absolute Gasteiger partial charge is 0.409 e. The van der Waals surface area contributed by atoms with E-state index in [1.165, 1.54) is 5.56 Å². The summed E-state index contributed by atoms with van der Waals surface area (Å²) in [5, 5.41) is 11.3. The molecule has 4 nitrogen and oxygen atoms in total. The molecule has 88 valence electrons. The average molecular weight is 231 g/mol. The molecule has 0 atom stereocenters. The number of anilines is 1. The summed E-state index contributed by atoms with van der Waals surface area (Å²) in [6, 6.07) is 2.09. The van der Waals surface area contributed by atoms with E-state index >= 15 is 0 Å². The summed E-state index contributed by atoms with van der Waals surface area (Å²) < 4.78 is 0. The molecule has 0 saturated heterocycles. The van der Waals surface area contributed by atoms with Crippen molar-refractivity contribution in [2.24, 2.45) is 0 Å². The fourth-order valence-corrected chi connectivity index (χ4v) is 2.94. The van der Waals surface area contributed by atoms with Gasteiger partial charge in [-0.05, 0) is 42.4 Å². The van der Waals surface area contributed by atoms with E-state index in [-0.39, 0.29) is 5.78 Å². The molecule has 0 aliphatic heterocycles. The number of hydrogen-bond donors (Lipinski definition) is 2. The number of rotatable bonds is 1. The fraction of sp³-hybridized carbons (Fsp3) is 0.385. The standard InChI is InChI=1S/C13H13NO3/c15-10-5-4-8-6-7-2-1-3-9(7)12(11(8)10)14-13(16)17/h6,14H,1-5H2,(H,16,17). The molecule has 17 heavy (non-hydrogen) atoms. The lowest BCUT2D eigenvalue weighted by Gasteiger charge is -2.13. The number of benzene rings is 1. The van der Waals surface area contributed by atoms with Crippen molar-refractivity contribution in [3.8, 4) is 0 Å². The maximum absolute atomic E-state index is 11.8. The van der Waals surface area contributed by atoms with Crippen LogP contribution in [0, 0.1) is 0 Å². The minimum atomic E-state index is -1.09.